The molecule has 0 amide bonds. The molecule has 0 unspecified atom stereocenters. The summed E-state index contributed by atoms with van der Waals surface area (Å²) in [4.78, 5) is 12.0. The minimum atomic E-state index is -0.531. The van der Waals surface area contributed by atoms with Crippen LogP contribution in [-0.2, 0) is 4.74 Å². The van der Waals surface area contributed by atoms with E-state index in [-0.39, 0.29) is 5.56 Å². The summed E-state index contributed by atoms with van der Waals surface area (Å²) in [6, 6.07) is 5.07. The minimum Gasteiger partial charge on any atom is -0.465 e. The molecule has 0 aliphatic carbocycles. The third-order valence-electron chi connectivity index (χ3n) is 1.90. The first-order chi connectivity index (χ1) is 7.13. The summed E-state index contributed by atoms with van der Waals surface area (Å²) in [5.41, 5.74) is 6.65. The van der Waals surface area contributed by atoms with Gasteiger partial charge in [0.2, 0.25) is 0 Å². The smallest absolute Gasteiger partial charge is 0.340 e. The summed E-state index contributed by atoms with van der Waals surface area (Å²) >= 11 is 1.41. The molecule has 1 aromatic rings. The highest BCUT2D eigenvalue weighted by atomic mass is 32.2. The van der Waals surface area contributed by atoms with Crippen molar-refractivity contribution in [2.24, 2.45) is 0 Å². The maximum atomic E-state index is 11.3. The second kappa shape index (κ2) is 4.71. The van der Waals surface area contributed by atoms with E-state index in [0.29, 0.717) is 11.3 Å². The number of carbonyl (C=O) groups is 1. The molecule has 78 valence electrons. The fourth-order valence-electron chi connectivity index (χ4n) is 1.14. The molecule has 0 atom stereocenters. The van der Waals surface area contributed by atoms with Gasteiger partial charge in [-0.25, -0.2) is 4.79 Å². The van der Waals surface area contributed by atoms with Gasteiger partial charge in [-0.15, -0.1) is 11.8 Å². The molecule has 2 N–H and O–H groups in total. The lowest BCUT2D eigenvalue weighted by atomic mass is 10.1. The lowest BCUT2D eigenvalue weighted by Gasteiger charge is -2.07. The molecule has 5 heteroatoms. The average molecular weight is 222 g/mol. The van der Waals surface area contributed by atoms with Gasteiger partial charge in [-0.05, 0) is 18.4 Å². The van der Waals surface area contributed by atoms with Gasteiger partial charge in [0.15, 0.2) is 0 Å². The summed E-state index contributed by atoms with van der Waals surface area (Å²) in [6.07, 6.45) is 1.84. The van der Waals surface area contributed by atoms with E-state index in [0.717, 1.165) is 4.90 Å². The quantitative estimate of drug-likeness (QED) is 0.467. The van der Waals surface area contributed by atoms with Crippen molar-refractivity contribution < 1.29 is 9.53 Å². The maximum absolute atomic E-state index is 11.3. The minimum absolute atomic E-state index is 0.229. The number of ether oxygens (including phenoxy) is 1. The Morgan fingerprint density at radius 3 is 2.73 bits per heavy atom. The zero-order valence-corrected chi connectivity index (χ0v) is 9.22. The molecule has 0 radical (unpaired) electrons. The monoisotopic (exact) mass is 222 g/mol. The Morgan fingerprint density at radius 1 is 1.60 bits per heavy atom. The SMILES string of the molecule is COC(=O)c1cc(C#N)c(SC)cc1N. The van der Waals surface area contributed by atoms with Crippen LogP contribution in [0.15, 0.2) is 17.0 Å². The van der Waals surface area contributed by atoms with Crippen LogP contribution in [0, 0.1) is 11.3 Å². The van der Waals surface area contributed by atoms with Crippen LogP contribution in [-0.4, -0.2) is 19.3 Å². The standard InChI is InChI=1S/C10H10N2O2S/c1-14-10(13)7-3-6(5-11)9(15-2)4-8(7)12/h3-4H,12H2,1-2H3. The van der Waals surface area contributed by atoms with Crippen LogP contribution in [0.2, 0.25) is 0 Å². The van der Waals surface area contributed by atoms with Gasteiger partial charge in [0.25, 0.3) is 0 Å². The van der Waals surface area contributed by atoms with Crippen molar-refractivity contribution in [1.29, 1.82) is 5.26 Å². The molecular weight excluding hydrogens is 212 g/mol. The third-order valence-corrected chi connectivity index (χ3v) is 2.67. The average Bonchev–Trinajstić information content (AvgIpc) is 2.27. The first kappa shape index (κ1) is 11.4. The molecule has 0 fully saturated rings. The van der Waals surface area contributed by atoms with Crippen LogP contribution in [0.1, 0.15) is 15.9 Å². The Balaban J connectivity index is 3.33. The van der Waals surface area contributed by atoms with Gasteiger partial charge in [-0.1, -0.05) is 0 Å². The van der Waals surface area contributed by atoms with E-state index in [1.807, 2.05) is 12.3 Å². The molecule has 0 heterocycles. The van der Waals surface area contributed by atoms with E-state index in [1.54, 1.807) is 6.07 Å². The van der Waals surface area contributed by atoms with Crippen molar-refractivity contribution in [3.63, 3.8) is 0 Å². The van der Waals surface area contributed by atoms with Crippen LogP contribution >= 0.6 is 11.8 Å². The zero-order valence-electron chi connectivity index (χ0n) is 8.40. The number of thioether (sulfide) groups is 1. The third kappa shape index (κ3) is 2.22. The van der Waals surface area contributed by atoms with Gasteiger partial charge < -0.3 is 10.5 Å². The molecule has 0 saturated carbocycles. The Labute approximate surface area is 92.0 Å². The predicted molar refractivity (Wildman–Crippen MR) is 58.7 cm³/mol. The van der Waals surface area contributed by atoms with Crippen molar-refractivity contribution in [3.05, 3.63) is 23.3 Å². The largest absolute Gasteiger partial charge is 0.465 e. The number of esters is 1. The summed E-state index contributed by atoms with van der Waals surface area (Å²) in [7, 11) is 1.27. The molecule has 1 rings (SSSR count). The van der Waals surface area contributed by atoms with Gasteiger partial charge in [-0.3, -0.25) is 0 Å². The number of anilines is 1. The molecule has 0 aromatic heterocycles. The van der Waals surface area contributed by atoms with Crippen molar-refractivity contribution in [2.45, 2.75) is 4.90 Å². The number of rotatable bonds is 2. The van der Waals surface area contributed by atoms with E-state index in [1.165, 1.54) is 24.9 Å². The number of carbonyl (C=O) groups excluding carboxylic acids is 1. The molecule has 0 spiro atoms. The number of hydrogen-bond acceptors (Lipinski definition) is 5. The molecule has 15 heavy (non-hydrogen) atoms. The summed E-state index contributed by atoms with van der Waals surface area (Å²) < 4.78 is 4.55. The number of methoxy groups -OCH3 is 1. The highest BCUT2D eigenvalue weighted by Gasteiger charge is 2.13. The van der Waals surface area contributed by atoms with Gasteiger partial charge in [0.1, 0.15) is 6.07 Å². The van der Waals surface area contributed by atoms with E-state index in [9.17, 15) is 4.79 Å². The van der Waals surface area contributed by atoms with E-state index < -0.39 is 5.97 Å². The van der Waals surface area contributed by atoms with E-state index in [4.69, 9.17) is 11.0 Å². The predicted octanol–water partition coefficient (Wildman–Crippen LogP) is 1.65. The lowest BCUT2D eigenvalue weighted by Crippen LogP contribution is -2.06. The Bertz CT molecular complexity index is 438. The molecule has 0 aliphatic heterocycles. The second-order valence-electron chi connectivity index (χ2n) is 2.74. The Hall–Kier alpha value is -1.67. The Morgan fingerprint density at radius 2 is 2.27 bits per heavy atom. The first-order valence-corrected chi connectivity index (χ1v) is 5.32. The highest BCUT2D eigenvalue weighted by Crippen LogP contribution is 2.26. The molecular formula is C10H10N2O2S. The number of benzene rings is 1. The maximum Gasteiger partial charge on any atom is 0.340 e. The van der Waals surface area contributed by atoms with Crippen LogP contribution in [0.25, 0.3) is 0 Å². The van der Waals surface area contributed by atoms with Crippen molar-refractivity contribution in [2.75, 3.05) is 19.1 Å². The summed E-state index contributed by atoms with van der Waals surface area (Å²) in [6.45, 7) is 0. The summed E-state index contributed by atoms with van der Waals surface area (Å²) in [5.74, 6) is -0.531. The molecule has 0 saturated heterocycles. The Kier molecular flexibility index (Phi) is 3.58. The van der Waals surface area contributed by atoms with Crippen LogP contribution in [0.4, 0.5) is 5.69 Å². The van der Waals surface area contributed by atoms with Gasteiger partial charge in [0, 0.05) is 10.6 Å². The number of hydrogen-bond donors (Lipinski definition) is 1. The first-order valence-electron chi connectivity index (χ1n) is 4.10. The van der Waals surface area contributed by atoms with Gasteiger partial charge >= 0.3 is 5.97 Å². The summed E-state index contributed by atoms with van der Waals surface area (Å²) in [5, 5.41) is 8.86. The number of nitrogen functional groups attached to an aromatic ring is 1. The van der Waals surface area contributed by atoms with Crippen LogP contribution in [0.5, 0.6) is 0 Å². The highest BCUT2D eigenvalue weighted by molar-refractivity contribution is 7.98. The molecule has 0 bridgehead atoms. The van der Waals surface area contributed by atoms with Crippen LogP contribution < -0.4 is 5.73 Å². The fourth-order valence-corrected chi connectivity index (χ4v) is 1.71. The number of nitriles is 1. The van der Waals surface area contributed by atoms with Crippen molar-refractivity contribution in [1.82, 2.24) is 0 Å². The van der Waals surface area contributed by atoms with Crippen LogP contribution in [0.3, 0.4) is 0 Å². The zero-order chi connectivity index (χ0) is 11.4. The lowest BCUT2D eigenvalue weighted by molar-refractivity contribution is 0.0602. The van der Waals surface area contributed by atoms with Gasteiger partial charge in [0.05, 0.1) is 18.2 Å². The van der Waals surface area contributed by atoms with Crippen molar-refractivity contribution >= 4 is 23.4 Å². The molecule has 0 aliphatic rings. The number of nitrogens with two attached hydrogens (primary N) is 1. The molecule has 4 nitrogen and oxygen atoms in total. The van der Waals surface area contributed by atoms with Crippen molar-refractivity contribution in [3.8, 4) is 6.07 Å². The van der Waals surface area contributed by atoms with E-state index in [2.05, 4.69) is 4.74 Å². The fraction of sp³-hybridized carbons (Fsp3) is 0.200. The number of nitrogens with zero attached hydrogens (tertiary/aromatic N) is 1. The van der Waals surface area contributed by atoms with Gasteiger partial charge in [-0.2, -0.15) is 5.26 Å². The molecule has 1 aromatic carbocycles. The second-order valence-corrected chi connectivity index (χ2v) is 3.59. The topological polar surface area (TPSA) is 76.1 Å². The van der Waals surface area contributed by atoms with E-state index >= 15 is 0 Å². The normalized spacial score (nSPS) is 9.40.